The third-order valence-electron chi connectivity index (χ3n) is 4.86. The molecule has 1 unspecified atom stereocenters. The van der Waals surface area contributed by atoms with Crippen LogP contribution in [0.2, 0.25) is 5.02 Å². The predicted octanol–water partition coefficient (Wildman–Crippen LogP) is 3.26. The molecule has 6 heteroatoms. The summed E-state index contributed by atoms with van der Waals surface area (Å²) in [5.41, 5.74) is 0.681. The Morgan fingerprint density at radius 3 is 2.80 bits per heavy atom. The zero-order valence-electron chi connectivity index (χ0n) is 15.7. The standard InChI is InChI=1S/C19H30ClFN4/c1-19(2,16-8-7-15(21)10-17(16)20)13-24-18(22-3)23-11-14-6-5-9-25(4)12-14/h7-8,10,14H,5-6,9,11-13H2,1-4H3,(H2,22,23,24). The molecular formula is C19H30ClFN4. The van der Waals surface area contributed by atoms with Crippen LogP contribution in [0.4, 0.5) is 4.39 Å². The highest BCUT2D eigenvalue weighted by Gasteiger charge is 2.24. The predicted molar refractivity (Wildman–Crippen MR) is 104 cm³/mol. The van der Waals surface area contributed by atoms with E-state index in [4.69, 9.17) is 11.6 Å². The van der Waals surface area contributed by atoms with Crippen molar-refractivity contribution in [2.75, 3.05) is 40.3 Å². The lowest BCUT2D eigenvalue weighted by molar-refractivity contribution is 0.210. The molecule has 1 aliphatic rings. The number of hydrogen-bond acceptors (Lipinski definition) is 2. The number of benzene rings is 1. The van der Waals surface area contributed by atoms with Gasteiger partial charge in [0.15, 0.2) is 5.96 Å². The van der Waals surface area contributed by atoms with Gasteiger partial charge in [-0.05, 0) is 50.0 Å². The van der Waals surface area contributed by atoms with E-state index in [2.05, 4.69) is 41.4 Å². The van der Waals surface area contributed by atoms with Gasteiger partial charge in [0.05, 0.1) is 0 Å². The molecule has 1 aliphatic heterocycles. The zero-order valence-corrected chi connectivity index (χ0v) is 16.5. The van der Waals surface area contributed by atoms with Gasteiger partial charge in [-0.3, -0.25) is 4.99 Å². The molecule has 4 nitrogen and oxygen atoms in total. The van der Waals surface area contributed by atoms with E-state index in [-0.39, 0.29) is 11.2 Å². The summed E-state index contributed by atoms with van der Waals surface area (Å²) in [6.45, 7) is 8.06. The molecule has 25 heavy (non-hydrogen) atoms. The van der Waals surface area contributed by atoms with Crippen LogP contribution in [-0.2, 0) is 5.41 Å². The van der Waals surface area contributed by atoms with Crippen molar-refractivity contribution in [1.29, 1.82) is 0 Å². The third kappa shape index (κ3) is 5.86. The van der Waals surface area contributed by atoms with Gasteiger partial charge in [0, 0.05) is 37.1 Å². The van der Waals surface area contributed by atoms with Crippen LogP contribution in [0.3, 0.4) is 0 Å². The van der Waals surface area contributed by atoms with Crippen LogP contribution >= 0.6 is 11.6 Å². The van der Waals surface area contributed by atoms with E-state index in [9.17, 15) is 4.39 Å². The number of nitrogens with zero attached hydrogens (tertiary/aromatic N) is 2. The Kier molecular flexibility index (Phi) is 7.08. The van der Waals surface area contributed by atoms with Crippen LogP contribution in [0.1, 0.15) is 32.3 Å². The first-order valence-corrected chi connectivity index (χ1v) is 9.28. The van der Waals surface area contributed by atoms with Gasteiger partial charge in [-0.2, -0.15) is 0 Å². The first kappa shape index (κ1) is 20.0. The second-order valence-corrected chi connectivity index (χ2v) is 7.99. The molecule has 1 heterocycles. The van der Waals surface area contributed by atoms with Crippen LogP contribution in [-0.4, -0.2) is 51.1 Å². The quantitative estimate of drug-likeness (QED) is 0.619. The van der Waals surface area contributed by atoms with Gasteiger partial charge < -0.3 is 15.5 Å². The Hall–Kier alpha value is -1.33. The molecule has 2 rings (SSSR count). The number of halogens is 2. The molecule has 0 amide bonds. The van der Waals surface area contributed by atoms with E-state index < -0.39 is 0 Å². The minimum atomic E-state index is -0.313. The molecule has 0 aliphatic carbocycles. The number of nitrogens with one attached hydrogen (secondary N) is 2. The molecule has 1 atom stereocenters. The highest BCUT2D eigenvalue weighted by molar-refractivity contribution is 6.31. The van der Waals surface area contributed by atoms with Crippen molar-refractivity contribution in [2.45, 2.75) is 32.1 Å². The first-order valence-electron chi connectivity index (χ1n) is 8.90. The van der Waals surface area contributed by atoms with Crippen LogP contribution in [0, 0.1) is 11.7 Å². The van der Waals surface area contributed by atoms with Crippen molar-refractivity contribution in [3.63, 3.8) is 0 Å². The van der Waals surface area contributed by atoms with Gasteiger partial charge in [0.2, 0.25) is 0 Å². The molecule has 0 saturated carbocycles. The van der Waals surface area contributed by atoms with E-state index in [1.807, 2.05) is 0 Å². The molecule has 140 valence electrons. The maximum absolute atomic E-state index is 13.3. The van der Waals surface area contributed by atoms with Crippen molar-refractivity contribution >= 4 is 17.6 Å². The number of aliphatic imine (C=N–C) groups is 1. The summed E-state index contributed by atoms with van der Waals surface area (Å²) in [6, 6.07) is 4.58. The Morgan fingerprint density at radius 2 is 2.16 bits per heavy atom. The van der Waals surface area contributed by atoms with Gasteiger partial charge in [0.1, 0.15) is 5.82 Å². The summed E-state index contributed by atoms with van der Waals surface area (Å²) in [5.74, 6) is 1.13. The molecule has 1 fully saturated rings. The molecule has 0 spiro atoms. The van der Waals surface area contributed by atoms with Gasteiger partial charge in [-0.25, -0.2) is 4.39 Å². The third-order valence-corrected chi connectivity index (χ3v) is 5.17. The molecule has 1 aromatic rings. The largest absolute Gasteiger partial charge is 0.356 e. The molecule has 0 bridgehead atoms. The fourth-order valence-electron chi connectivity index (χ4n) is 3.34. The normalized spacial score (nSPS) is 19.8. The summed E-state index contributed by atoms with van der Waals surface area (Å²) >= 11 is 6.22. The Morgan fingerprint density at radius 1 is 1.40 bits per heavy atom. The maximum atomic E-state index is 13.3. The number of piperidine rings is 1. The van der Waals surface area contributed by atoms with Gasteiger partial charge in [-0.15, -0.1) is 0 Å². The molecular weight excluding hydrogens is 339 g/mol. The minimum absolute atomic E-state index is 0.243. The molecule has 1 aromatic carbocycles. The summed E-state index contributed by atoms with van der Waals surface area (Å²) in [5, 5.41) is 7.26. The second kappa shape index (κ2) is 8.86. The smallest absolute Gasteiger partial charge is 0.191 e. The number of hydrogen-bond donors (Lipinski definition) is 2. The summed E-state index contributed by atoms with van der Waals surface area (Å²) in [4.78, 5) is 6.69. The first-order chi connectivity index (χ1) is 11.8. The summed E-state index contributed by atoms with van der Waals surface area (Å²) in [6.07, 6.45) is 2.51. The maximum Gasteiger partial charge on any atom is 0.191 e. The van der Waals surface area contributed by atoms with Gasteiger partial charge in [-0.1, -0.05) is 31.5 Å². The highest BCUT2D eigenvalue weighted by Crippen LogP contribution is 2.29. The Bertz CT molecular complexity index is 603. The van der Waals surface area contributed by atoms with Crippen molar-refractivity contribution in [2.24, 2.45) is 10.9 Å². The average molecular weight is 369 g/mol. The molecule has 1 saturated heterocycles. The molecule has 0 radical (unpaired) electrons. The average Bonchev–Trinajstić information content (AvgIpc) is 2.54. The van der Waals surface area contributed by atoms with Crippen molar-refractivity contribution in [3.05, 3.63) is 34.6 Å². The lowest BCUT2D eigenvalue weighted by Crippen LogP contribution is -2.46. The lowest BCUT2D eigenvalue weighted by atomic mass is 9.84. The van der Waals surface area contributed by atoms with Crippen molar-refractivity contribution in [1.82, 2.24) is 15.5 Å². The van der Waals surface area contributed by atoms with E-state index >= 15 is 0 Å². The summed E-state index contributed by atoms with van der Waals surface area (Å²) in [7, 11) is 3.95. The van der Waals surface area contributed by atoms with Gasteiger partial charge in [0.25, 0.3) is 0 Å². The van der Waals surface area contributed by atoms with Crippen LogP contribution in [0.5, 0.6) is 0 Å². The van der Waals surface area contributed by atoms with E-state index in [1.54, 1.807) is 13.1 Å². The van der Waals surface area contributed by atoms with Gasteiger partial charge >= 0.3 is 0 Å². The van der Waals surface area contributed by atoms with E-state index in [1.165, 1.54) is 31.5 Å². The van der Waals surface area contributed by atoms with Crippen LogP contribution in [0.15, 0.2) is 23.2 Å². The fraction of sp³-hybridized carbons (Fsp3) is 0.632. The van der Waals surface area contributed by atoms with Crippen molar-refractivity contribution in [3.8, 4) is 0 Å². The highest BCUT2D eigenvalue weighted by atomic mass is 35.5. The summed E-state index contributed by atoms with van der Waals surface area (Å²) < 4.78 is 13.3. The van der Waals surface area contributed by atoms with E-state index in [0.717, 1.165) is 24.6 Å². The SMILES string of the molecule is CN=C(NCC1CCCN(C)C1)NCC(C)(C)c1ccc(F)cc1Cl. The van der Waals surface area contributed by atoms with E-state index in [0.29, 0.717) is 17.5 Å². The number of likely N-dealkylation sites (tertiary alicyclic amines) is 1. The minimum Gasteiger partial charge on any atom is -0.356 e. The second-order valence-electron chi connectivity index (χ2n) is 7.59. The van der Waals surface area contributed by atoms with Crippen molar-refractivity contribution < 1.29 is 4.39 Å². The molecule has 0 aromatic heterocycles. The number of guanidine groups is 1. The Balaban J connectivity index is 1.88. The monoisotopic (exact) mass is 368 g/mol. The number of rotatable bonds is 5. The van der Waals surface area contributed by atoms with Crippen LogP contribution in [0.25, 0.3) is 0 Å². The van der Waals surface area contributed by atoms with Crippen LogP contribution < -0.4 is 10.6 Å². The molecule has 2 N–H and O–H groups in total. The zero-order chi connectivity index (χ0) is 18.4. The fourth-order valence-corrected chi connectivity index (χ4v) is 3.76. The Labute approximate surface area is 155 Å². The topological polar surface area (TPSA) is 39.7 Å². The lowest BCUT2D eigenvalue weighted by Gasteiger charge is -2.31.